The van der Waals surface area contributed by atoms with E-state index >= 15 is 0 Å². The number of amides is 1. The standard InChI is InChI=1S/C13H23N5O/c1-3-18(4-2)10-6-9-16-13(19)11-7-5-8-15-12(11)17-14/h5,7-8H,3-4,6,9-10,14H2,1-2H3,(H,15,17)(H,16,19). The minimum absolute atomic E-state index is 0.152. The molecule has 0 fully saturated rings. The fraction of sp³-hybridized carbons (Fsp3) is 0.538. The monoisotopic (exact) mass is 265 g/mol. The van der Waals surface area contributed by atoms with Crippen LogP contribution in [0.1, 0.15) is 30.6 Å². The first-order valence-corrected chi connectivity index (χ1v) is 6.65. The molecule has 0 atom stereocenters. The number of carbonyl (C=O) groups is 1. The van der Waals surface area contributed by atoms with Gasteiger partial charge in [-0.05, 0) is 38.2 Å². The zero-order valence-corrected chi connectivity index (χ0v) is 11.6. The van der Waals surface area contributed by atoms with Crippen LogP contribution in [-0.4, -0.2) is 42.0 Å². The summed E-state index contributed by atoms with van der Waals surface area (Å²) >= 11 is 0. The molecule has 4 N–H and O–H groups in total. The summed E-state index contributed by atoms with van der Waals surface area (Å²) in [5.74, 6) is 5.56. The third-order valence-corrected chi connectivity index (χ3v) is 3.02. The molecule has 0 aliphatic heterocycles. The van der Waals surface area contributed by atoms with E-state index in [4.69, 9.17) is 5.84 Å². The number of hydrazine groups is 1. The number of hydrogen-bond acceptors (Lipinski definition) is 5. The van der Waals surface area contributed by atoms with Gasteiger partial charge in [0.15, 0.2) is 5.82 Å². The van der Waals surface area contributed by atoms with E-state index in [2.05, 4.69) is 34.5 Å². The van der Waals surface area contributed by atoms with Crippen LogP contribution in [0.4, 0.5) is 5.82 Å². The molecule has 0 aliphatic carbocycles. The molecule has 0 unspecified atom stereocenters. The predicted octanol–water partition coefficient (Wildman–Crippen LogP) is 0.829. The second-order valence-electron chi connectivity index (χ2n) is 4.18. The number of carbonyl (C=O) groups excluding carboxylic acids is 1. The van der Waals surface area contributed by atoms with E-state index < -0.39 is 0 Å². The maximum Gasteiger partial charge on any atom is 0.255 e. The number of rotatable bonds is 8. The Kier molecular flexibility index (Phi) is 6.84. The summed E-state index contributed by atoms with van der Waals surface area (Å²) < 4.78 is 0. The van der Waals surface area contributed by atoms with E-state index in [0.717, 1.165) is 26.1 Å². The zero-order chi connectivity index (χ0) is 14.1. The molecule has 1 aromatic heterocycles. The fourth-order valence-corrected chi connectivity index (χ4v) is 1.84. The lowest BCUT2D eigenvalue weighted by molar-refractivity contribution is 0.0952. The normalized spacial score (nSPS) is 10.5. The summed E-state index contributed by atoms with van der Waals surface area (Å²) in [6.45, 7) is 7.98. The van der Waals surface area contributed by atoms with Crippen LogP contribution in [0.25, 0.3) is 0 Å². The first kappa shape index (κ1) is 15.4. The Morgan fingerprint density at radius 3 is 2.79 bits per heavy atom. The van der Waals surface area contributed by atoms with Crippen LogP contribution < -0.4 is 16.6 Å². The molecular weight excluding hydrogens is 242 g/mol. The van der Waals surface area contributed by atoms with Gasteiger partial charge in [-0.3, -0.25) is 4.79 Å². The van der Waals surface area contributed by atoms with Crippen LogP contribution in [-0.2, 0) is 0 Å². The largest absolute Gasteiger partial charge is 0.352 e. The van der Waals surface area contributed by atoms with Crippen LogP contribution in [0.3, 0.4) is 0 Å². The average molecular weight is 265 g/mol. The molecule has 106 valence electrons. The molecule has 1 aromatic rings. The lowest BCUT2D eigenvalue weighted by Gasteiger charge is -2.17. The van der Waals surface area contributed by atoms with Crippen molar-refractivity contribution in [1.29, 1.82) is 0 Å². The fourth-order valence-electron chi connectivity index (χ4n) is 1.84. The Morgan fingerprint density at radius 2 is 2.16 bits per heavy atom. The lowest BCUT2D eigenvalue weighted by Crippen LogP contribution is -2.30. The van der Waals surface area contributed by atoms with Gasteiger partial charge in [0.1, 0.15) is 0 Å². The van der Waals surface area contributed by atoms with Gasteiger partial charge in [-0.1, -0.05) is 13.8 Å². The number of anilines is 1. The highest BCUT2D eigenvalue weighted by molar-refractivity contribution is 5.98. The van der Waals surface area contributed by atoms with Crippen LogP contribution in [0.15, 0.2) is 18.3 Å². The number of nitrogen functional groups attached to an aromatic ring is 1. The number of hydrogen-bond donors (Lipinski definition) is 3. The third-order valence-electron chi connectivity index (χ3n) is 3.02. The number of nitrogens with zero attached hydrogens (tertiary/aromatic N) is 2. The third kappa shape index (κ3) is 4.84. The van der Waals surface area contributed by atoms with Gasteiger partial charge >= 0.3 is 0 Å². The lowest BCUT2D eigenvalue weighted by atomic mass is 10.2. The summed E-state index contributed by atoms with van der Waals surface area (Å²) in [6, 6.07) is 3.41. The van der Waals surface area contributed by atoms with Gasteiger partial charge < -0.3 is 15.6 Å². The van der Waals surface area contributed by atoms with E-state index in [-0.39, 0.29) is 5.91 Å². The molecule has 0 aliphatic rings. The molecule has 0 saturated heterocycles. The smallest absolute Gasteiger partial charge is 0.255 e. The predicted molar refractivity (Wildman–Crippen MR) is 76.8 cm³/mol. The van der Waals surface area contributed by atoms with Gasteiger partial charge in [-0.25, -0.2) is 10.8 Å². The summed E-state index contributed by atoms with van der Waals surface area (Å²) in [4.78, 5) is 18.3. The van der Waals surface area contributed by atoms with Gasteiger partial charge in [0.2, 0.25) is 0 Å². The Balaban J connectivity index is 2.39. The minimum Gasteiger partial charge on any atom is -0.352 e. The Bertz CT molecular complexity index is 392. The Hall–Kier alpha value is -1.66. The van der Waals surface area contributed by atoms with Crippen LogP contribution in [0, 0.1) is 0 Å². The van der Waals surface area contributed by atoms with Gasteiger partial charge in [0, 0.05) is 12.7 Å². The minimum atomic E-state index is -0.152. The second-order valence-corrected chi connectivity index (χ2v) is 4.18. The van der Waals surface area contributed by atoms with E-state index in [1.807, 2.05) is 0 Å². The van der Waals surface area contributed by atoms with Crippen molar-refractivity contribution in [2.75, 3.05) is 31.6 Å². The Morgan fingerprint density at radius 1 is 1.42 bits per heavy atom. The van der Waals surface area contributed by atoms with Gasteiger partial charge in [-0.15, -0.1) is 0 Å². The van der Waals surface area contributed by atoms with E-state index in [1.54, 1.807) is 18.3 Å². The van der Waals surface area contributed by atoms with Crippen molar-refractivity contribution < 1.29 is 4.79 Å². The average Bonchev–Trinajstić information content (AvgIpc) is 2.47. The first-order valence-electron chi connectivity index (χ1n) is 6.65. The number of nitrogens with two attached hydrogens (primary N) is 1. The molecule has 1 amide bonds. The molecule has 0 saturated carbocycles. The summed E-state index contributed by atoms with van der Waals surface area (Å²) in [7, 11) is 0. The van der Waals surface area contributed by atoms with Gasteiger partial charge in [0.25, 0.3) is 5.91 Å². The maximum atomic E-state index is 11.9. The van der Waals surface area contributed by atoms with Crippen molar-refractivity contribution in [2.24, 2.45) is 5.84 Å². The number of aromatic nitrogens is 1. The molecule has 1 rings (SSSR count). The zero-order valence-electron chi connectivity index (χ0n) is 11.6. The Labute approximate surface area is 114 Å². The van der Waals surface area contributed by atoms with E-state index in [0.29, 0.717) is 17.9 Å². The van der Waals surface area contributed by atoms with Crippen molar-refractivity contribution in [2.45, 2.75) is 20.3 Å². The van der Waals surface area contributed by atoms with Crippen molar-refractivity contribution >= 4 is 11.7 Å². The van der Waals surface area contributed by atoms with Gasteiger partial charge in [-0.2, -0.15) is 0 Å². The summed E-state index contributed by atoms with van der Waals surface area (Å²) in [5.41, 5.74) is 2.89. The molecule has 0 bridgehead atoms. The second kappa shape index (κ2) is 8.44. The van der Waals surface area contributed by atoms with Crippen LogP contribution in [0.2, 0.25) is 0 Å². The molecule has 1 heterocycles. The molecule has 6 nitrogen and oxygen atoms in total. The van der Waals surface area contributed by atoms with Crippen molar-refractivity contribution in [1.82, 2.24) is 15.2 Å². The van der Waals surface area contributed by atoms with Crippen molar-refractivity contribution in [3.63, 3.8) is 0 Å². The molecule has 0 radical (unpaired) electrons. The molecule has 19 heavy (non-hydrogen) atoms. The maximum absolute atomic E-state index is 11.9. The highest BCUT2D eigenvalue weighted by Gasteiger charge is 2.10. The summed E-state index contributed by atoms with van der Waals surface area (Å²) in [5, 5.41) is 2.88. The van der Waals surface area contributed by atoms with E-state index in [9.17, 15) is 4.79 Å². The van der Waals surface area contributed by atoms with Crippen LogP contribution in [0.5, 0.6) is 0 Å². The first-order chi connectivity index (χ1) is 9.22. The molecule has 0 aromatic carbocycles. The van der Waals surface area contributed by atoms with E-state index in [1.165, 1.54) is 0 Å². The summed E-state index contributed by atoms with van der Waals surface area (Å²) in [6.07, 6.45) is 2.52. The van der Waals surface area contributed by atoms with Crippen molar-refractivity contribution in [3.8, 4) is 0 Å². The molecule has 0 spiro atoms. The number of nitrogens with one attached hydrogen (secondary N) is 2. The quantitative estimate of drug-likeness (QED) is 0.368. The van der Waals surface area contributed by atoms with Crippen molar-refractivity contribution in [3.05, 3.63) is 23.9 Å². The SMILES string of the molecule is CCN(CC)CCCNC(=O)c1cccnc1NN. The number of pyridine rings is 1. The highest BCUT2D eigenvalue weighted by Crippen LogP contribution is 2.09. The highest BCUT2D eigenvalue weighted by atomic mass is 16.1. The van der Waals surface area contributed by atoms with Crippen LogP contribution >= 0.6 is 0 Å². The topological polar surface area (TPSA) is 83.3 Å². The van der Waals surface area contributed by atoms with Gasteiger partial charge in [0.05, 0.1) is 5.56 Å². The molecular formula is C13H23N5O. The molecule has 6 heteroatoms.